The summed E-state index contributed by atoms with van der Waals surface area (Å²) >= 11 is 0. The Morgan fingerprint density at radius 1 is 1.60 bits per heavy atom. The second kappa shape index (κ2) is 5.67. The summed E-state index contributed by atoms with van der Waals surface area (Å²) in [7, 11) is 0. The zero-order valence-corrected chi connectivity index (χ0v) is 11.0. The van der Waals surface area contributed by atoms with Crippen molar-refractivity contribution in [1.82, 2.24) is 10.2 Å². The van der Waals surface area contributed by atoms with Crippen LogP contribution in [0.5, 0.6) is 0 Å². The van der Waals surface area contributed by atoms with Crippen LogP contribution in [0.2, 0.25) is 0 Å². The van der Waals surface area contributed by atoms with E-state index in [0.29, 0.717) is 30.8 Å². The average Bonchev–Trinajstić information content (AvgIpc) is 2.45. The Bertz CT molecular complexity index is 594. The van der Waals surface area contributed by atoms with Crippen LogP contribution in [-0.2, 0) is 0 Å². The van der Waals surface area contributed by atoms with Gasteiger partial charge in [0.05, 0.1) is 11.0 Å². The van der Waals surface area contributed by atoms with Gasteiger partial charge >= 0.3 is 0 Å². The smallest absolute Gasteiger partial charge is 0.272 e. The van der Waals surface area contributed by atoms with Gasteiger partial charge in [-0.25, -0.2) is 0 Å². The quantitative estimate of drug-likeness (QED) is 0.636. The predicted octanol–water partition coefficient (Wildman–Crippen LogP) is 0.841. The number of nitriles is 1. The number of piperazine rings is 1. The van der Waals surface area contributed by atoms with Gasteiger partial charge < -0.3 is 10.2 Å². The summed E-state index contributed by atoms with van der Waals surface area (Å²) in [5.74, 6) is -0.268. The number of benzene rings is 1. The van der Waals surface area contributed by atoms with Crippen LogP contribution in [0.15, 0.2) is 18.2 Å². The van der Waals surface area contributed by atoms with Crippen molar-refractivity contribution < 1.29 is 9.72 Å². The molecule has 1 aromatic rings. The van der Waals surface area contributed by atoms with E-state index < -0.39 is 11.0 Å². The minimum absolute atomic E-state index is 0.0151. The fraction of sp³-hybridized carbons (Fsp3) is 0.385. The van der Waals surface area contributed by atoms with Crippen molar-refractivity contribution in [3.05, 3.63) is 39.4 Å². The van der Waals surface area contributed by atoms with Crippen molar-refractivity contribution in [3.63, 3.8) is 0 Å². The molecule has 1 aliphatic heterocycles. The molecule has 0 bridgehead atoms. The molecule has 7 nitrogen and oxygen atoms in total. The van der Waals surface area contributed by atoms with E-state index in [1.54, 1.807) is 6.92 Å². The van der Waals surface area contributed by atoms with E-state index in [1.165, 1.54) is 23.1 Å². The molecule has 0 aromatic heterocycles. The van der Waals surface area contributed by atoms with Gasteiger partial charge in [0.2, 0.25) is 0 Å². The molecule has 1 heterocycles. The molecule has 0 aliphatic carbocycles. The molecule has 1 saturated heterocycles. The molecule has 1 fully saturated rings. The van der Waals surface area contributed by atoms with Crippen molar-refractivity contribution in [1.29, 1.82) is 5.26 Å². The summed E-state index contributed by atoms with van der Waals surface area (Å²) in [6.45, 7) is 3.12. The lowest BCUT2D eigenvalue weighted by atomic mass is 10.1. The number of nitrogens with one attached hydrogen (secondary N) is 1. The summed E-state index contributed by atoms with van der Waals surface area (Å²) in [6, 6.07) is 5.83. The van der Waals surface area contributed by atoms with Crippen LogP contribution in [0.25, 0.3) is 0 Å². The van der Waals surface area contributed by atoms with Gasteiger partial charge in [-0.05, 0) is 19.1 Å². The van der Waals surface area contributed by atoms with Gasteiger partial charge in [-0.1, -0.05) is 0 Å². The van der Waals surface area contributed by atoms with E-state index in [1.807, 2.05) is 0 Å². The molecule has 0 saturated carbocycles. The molecule has 2 rings (SSSR count). The summed E-state index contributed by atoms with van der Waals surface area (Å²) in [4.78, 5) is 24.2. The predicted molar refractivity (Wildman–Crippen MR) is 71.1 cm³/mol. The third kappa shape index (κ3) is 2.60. The first kappa shape index (κ1) is 14.0. The van der Waals surface area contributed by atoms with E-state index in [9.17, 15) is 14.9 Å². The maximum Gasteiger partial charge on any atom is 0.272 e. The Kier molecular flexibility index (Phi) is 3.96. The van der Waals surface area contributed by atoms with Crippen LogP contribution in [-0.4, -0.2) is 41.4 Å². The zero-order chi connectivity index (χ0) is 14.7. The molecule has 1 atom stereocenters. The largest absolute Gasteiger partial charge is 0.320 e. The molecule has 1 aliphatic rings. The number of hydrogen-bond donors (Lipinski definition) is 1. The highest BCUT2D eigenvalue weighted by molar-refractivity contribution is 5.95. The molecule has 20 heavy (non-hydrogen) atoms. The van der Waals surface area contributed by atoms with E-state index in [0.717, 1.165) is 0 Å². The summed E-state index contributed by atoms with van der Waals surface area (Å²) in [5.41, 5.74) is 0.790. The van der Waals surface area contributed by atoms with Gasteiger partial charge in [0.25, 0.3) is 11.6 Å². The number of carbonyl (C=O) groups excluding carboxylic acids is 1. The number of amides is 1. The van der Waals surface area contributed by atoms with Gasteiger partial charge in [-0.15, -0.1) is 0 Å². The molecular formula is C13H14N4O3. The van der Waals surface area contributed by atoms with Crippen molar-refractivity contribution in [3.8, 4) is 6.07 Å². The van der Waals surface area contributed by atoms with Crippen LogP contribution in [0.3, 0.4) is 0 Å². The monoisotopic (exact) mass is 274 g/mol. The minimum Gasteiger partial charge on any atom is -0.320 e. The SMILES string of the molecule is Cc1cc(C(=O)N2CCNCC2C#N)ccc1[N+](=O)[O-]. The van der Waals surface area contributed by atoms with Crippen molar-refractivity contribution in [2.75, 3.05) is 19.6 Å². The molecule has 1 N–H and O–H groups in total. The number of nitrogens with zero attached hydrogens (tertiary/aromatic N) is 3. The van der Waals surface area contributed by atoms with Crippen LogP contribution in [0.1, 0.15) is 15.9 Å². The van der Waals surface area contributed by atoms with Gasteiger partial charge in [-0.3, -0.25) is 14.9 Å². The Balaban J connectivity index is 2.27. The van der Waals surface area contributed by atoms with Gasteiger partial charge in [0.15, 0.2) is 0 Å². The first-order chi connectivity index (χ1) is 9.54. The summed E-state index contributed by atoms with van der Waals surface area (Å²) < 4.78 is 0. The standard InChI is InChI=1S/C13H14N4O3/c1-9-6-10(2-3-12(9)17(19)20)13(18)16-5-4-15-8-11(16)7-14/h2-3,6,11,15H,4-5,8H2,1H3. The second-order valence-corrected chi connectivity index (χ2v) is 4.61. The van der Waals surface area contributed by atoms with Crippen LogP contribution in [0.4, 0.5) is 5.69 Å². The Morgan fingerprint density at radius 2 is 2.35 bits per heavy atom. The summed E-state index contributed by atoms with van der Waals surface area (Å²) in [6.07, 6.45) is 0. The molecule has 1 amide bonds. The highest BCUT2D eigenvalue weighted by atomic mass is 16.6. The highest BCUT2D eigenvalue weighted by Gasteiger charge is 2.27. The topological polar surface area (TPSA) is 99.3 Å². The number of nitro groups is 1. The van der Waals surface area contributed by atoms with Gasteiger partial charge in [0, 0.05) is 36.8 Å². The maximum atomic E-state index is 12.4. The molecule has 0 radical (unpaired) electrons. The lowest BCUT2D eigenvalue weighted by Crippen LogP contribution is -2.53. The van der Waals surface area contributed by atoms with Crippen LogP contribution < -0.4 is 5.32 Å². The number of nitro benzene ring substituents is 1. The lowest BCUT2D eigenvalue weighted by molar-refractivity contribution is -0.385. The number of rotatable bonds is 2. The van der Waals surface area contributed by atoms with E-state index >= 15 is 0 Å². The van der Waals surface area contributed by atoms with Crippen molar-refractivity contribution in [2.24, 2.45) is 0 Å². The van der Waals surface area contributed by atoms with Gasteiger partial charge in [-0.2, -0.15) is 5.26 Å². The lowest BCUT2D eigenvalue weighted by Gasteiger charge is -2.32. The fourth-order valence-electron chi connectivity index (χ4n) is 2.22. The number of carbonyl (C=O) groups is 1. The molecular weight excluding hydrogens is 260 g/mol. The number of aryl methyl sites for hydroxylation is 1. The zero-order valence-electron chi connectivity index (χ0n) is 11.0. The van der Waals surface area contributed by atoms with E-state index in [4.69, 9.17) is 5.26 Å². The third-order valence-electron chi connectivity index (χ3n) is 3.29. The number of hydrogen-bond acceptors (Lipinski definition) is 5. The molecule has 0 spiro atoms. The normalized spacial score (nSPS) is 18.4. The van der Waals surface area contributed by atoms with Crippen LogP contribution >= 0.6 is 0 Å². The maximum absolute atomic E-state index is 12.4. The molecule has 7 heteroatoms. The van der Waals surface area contributed by atoms with Gasteiger partial charge in [0.1, 0.15) is 6.04 Å². The summed E-state index contributed by atoms with van der Waals surface area (Å²) in [5, 5.41) is 22.9. The second-order valence-electron chi connectivity index (χ2n) is 4.61. The van der Waals surface area contributed by atoms with E-state index in [2.05, 4.69) is 11.4 Å². The highest BCUT2D eigenvalue weighted by Crippen LogP contribution is 2.20. The average molecular weight is 274 g/mol. The van der Waals surface area contributed by atoms with Crippen molar-refractivity contribution >= 4 is 11.6 Å². The minimum atomic E-state index is -0.508. The Morgan fingerprint density at radius 3 is 2.95 bits per heavy atom. The molecule has 104 valence electrons. The van der Waals surface area contributed by atoms with Crippen molar-refractivity contribution in [2.45, 2.75) is 13.0 Å². The third-order valence-corrected chi connectivity index (χ3v) is 3.29. The fourth-order valence-corrected chi connectivity index (χ4v) is 2.22. The molecule has 1 aromatic carbocycles. The van der Waals surface area contributed by atoms with Crippen LogP contribution in [0, 0.1) is 28.4 Å². The first-order valence-electron chi connectivity index (χ1n) is 6.21. The first-order valence-corrected chi connectivity index (χ1v) is 6.21. The Hall–Kier alpha value is -2.46. The molecule has 1 unspecified atom stereocenters. The Labute approximate surface area is 115 Å². The van der Waals surface area contributed by atoms with E-state index in [-0.39, 0.29) is 11.6 Å².